The number of likely N-dealkylation sites (tertiary alicyclic amines) is 1. The Balaban J connectivity index is 2.58. The third-order valence-corrected chi connectivity index (χ3v) is 4.23. The van der Waals surface area contributed by atoms with Crippen LogP contribution in [-0.4, -0.2) is 40.6 Å². The maximum Gasteiger partial charge on any atom is 0.317 e. The number of carbonyl (C=O) groups is 2. The Hall–Kier alpha value is -1.26. The normalized spacial score (nSPS) is 19.9. The van der Waals surface area contributed by atoms with E-state index in [-0.39, 0.29) is 11.6 Å². The molecule has 1 atom stereocenters. The number of carbonyl (C=O) groups excluding carboxylic acids is 1. The van der Waals surface area contributed by atoms with Crippen LogP contribution in [-0.2, 0) is 4.79 Å². The minimum atomic E-state index is -0.807. The molecular formula is C13H24N2O3. The summed E-state index contributed by atoms with van der Waals surface area (Å²) in [6, 6.07) is -0.121. The van der Waals surface area contributed by atoms with Crippen LogP contribution in [0.4, 0.5) is 4.79 Å². The summed E-state index contributed by atoms with van der Waals surface area (Å²) in [4.78, 5) is 24.6. The topological polar surface area (TPSA) is 69.6 Å². The van der Waals surface area contributed by atoms with Crippen molar-refractivity contribution >= 4 is 12.0 Å². The summed E-state index contributed by atoms with van der Waals surface area (Å²) < 4.78 is 0. The zero-order valence-electron chi connectivity index (χ0n) is 11.5. The Morgan fingerprint density at radius 2 is 1.83 bits per heavy atom. The Kier molecular flexibility index (Phi) is 4.99. The number of hydrogen-bond acceptors (Lipinski definition) is 2. The van der Waals surface area contributed by atoms with E-state index in [0.29, 0.717) is 19.5 Å². The molecule has 0 aromatic heterocycles. The zero-order valence-corrected chi connectivity index (χ0v) is 11.5. The molecule has 0 aliphatic carbocycles. The molecule has 1 saturated heterocycles. The minimum absolute atomic E-state index is 0.121. The van der Waals surface area contributed by atoms with Gasteiger partial charge in [-0.15, -0.1) is 0 Å². The fourth-order valence-corrected chi connectivity index (χ4v) is 2.47. The van der Waals surface area contributed by atoms with E-state index in [0.717, 1.165) is 19.3 Å². The fourth-order valence-electron chi connectivity index (χ4n) is 2.47. The summed E-state index contributed by atoms with van der Waals surface area (Å²) in [6.07, 6.45) is 3.23. The number of nitrogens with zero attached hydrogens (tertiary/aromatic N) is 1. The maximum atomic E-state index is 12.1. The molecule has 1 unspecified atom stereocenters. The summed E-state index contributed by atoms with van der Waals surface area (Å²) in [5.74, 6) is -1.21. The van der Waals surface area contributed by atoms with Crippen molar-refractivity contribution in [1.82, 2.24) is 10.2 Å². The molecule has 0 saturated carbocycles. The van der Waals surface area contributed by atoms with Gasteiger partial charge >= 0.3 is 12.0 Å². The van der Waals surface area contributed by atoms with Gasteiger partial charge in [-0.05, 0) is 25.7 Å². The second-order valence-electron chi connectivity index (χ2n) is 5.04. The van der Waals surface area contributed by atoms with Crippen LogP contribution in [0, 0.1) is 5.92 Å². The first kappa shape index (κ1) is 14.8. The summed E-state index contributed by atoms with van der Waals surface area (Å²) in [7, 11) is 0. The molecule has 1 aliphatic rings. The van der Waals surface area contributed by atoms with Crippen LogP contribution in [0.5, 0.6) is 0 Å². The molecule has 104 valence electrons. The number of nitrogens with one attached hydrogen (secondary N) is 1. The number of aliphatic carboxylic acids is 1. The first-order valence-corrected chi connectivity index (χ1v) is 6.78. The molecule has 0 bridgehead atoms. The second kappa shape index (κ2) is 6.07. The summed E-state index contributed by atoms with van der Waals surface area (Å²) in [6.45, 7) is 7.07. The Bertz CT molecular complexity index is 305. The van der Waals surface area contributed by atoms with Gasteiger partial charge in [-0.2, -0.15) is 0 Å². The van der Waals surface area contributed by atoms with Crippen LogP contribution in [0.25, 0.3) is 0 Å². The van der Waals surface area contributed by atoms with Gasteiger partial charge in [0.25, 0.3) is 0 Å². The lowest BCUT2D eigenvalue weighted by Gasteiger charge is -2.33. The number of hydrogen-bond donors (Lipinski definition) is 2. The highest BCUT2D eigenvalue weighted by atomic mass is 16.4. The summed E-state index contributed by atoms with van der Waals surface area (Å²) in [5.41, 5.74) is -0.154. The average Bonchev–Trinajstić information content (AvgIpc) is 2.86. The van der Waals surface area contributed by atoms with Crippen molar-refractivity contribution in [2.24, 2.45) is 5.92 Å². The molecule has 1 aliphatic heterocycles. The van der Waals surface area contributed by atoms with Crippen molar-refractivity contribution in [3.8, 4) is 0 Å². The van der Waals surface area contributed by atoms with Gasteiger partial charge in [-0.3, -0.25) is 4.79 Å². The van der Waals surface area contributed by atoms with Crippen molar-refractivity contribution in [3.05, 3.63) is 0 Å². The standard InChI is InChI=1S/C13H24N2O3/c1-4-13(5-2,6-3)14-12(18)15-8-7-10(9-15)11(16)17/h10H,4-9H2,1-3H3,(H,14,18)(H,16,17). The Morgan fingerprint density at radius 1 is 1.28 bits per heavy atom. The highest BCUT2D eigenvalue weighted by Gasteiger charge is 2.34. The third-order valence-electron chi connectivity index (χ3n) is 4.23. The first-order chi connectivity index (χ1) is 8.48. The van der Waals surface area contributed by atoms with E-state index < -0.39 is 11.9 Å². The van der Waals surface area contributed by atoms with Gasteiger partial charge in [0.2, 0.25) is 0 Å². The number of rotatable bonds is 5. The molecule has 0 aromatic carbocycles. The lowest BCUT2D eigenvalue weighted by Crippen LogP contribution is -2.52. The summed E-state index contributed by atoms with van der Waals surface area (Å²) >= 11 is 0. The van der Waals surface area contributed by atoms with Crippen LogP contribution in [0.15, 0.2) is 0 Å². The molecule has 5 nitrogen and oxygen atoms in total. The minimum Gasteiger partial charge on any atom is -0.481 e. The predicted octanol–water partition coefficient (Wildman–Crippen LogP) is 2.07. The number of amides is 2. The van der Waals surface area contributed by atoms with Gasteiger partial charge in [0.15, 0.2) is 0 Å². The average molecular weight is 256 g/mol. The van der Waals surface area contributed by atoms with Gasteiger partial charge in [0.1, 0.15) is 0 Å². The molecule has 1 heterocycles. The maximum absolute atomic E-state index is 12.1. The van der Waals surface area contributed by atoms with E-state index in [1.807, 2.05) is 0 Å². The van der Waals surface area contributed by atoms with Crippen LogP contribution in [0.2, 0.25) is 0 Å². The molecular weight excluding hydrogens is 232 g/mol. The van der Waals surface area contributed by atoms with E-state index >= 15 is 0 Å². The lowest BCUT2D eigenvalue weighted by molar-refractivity contribution is -0.141. The van der Waals surface area contributed by atoms with Crippen molar-refractivity contribution in [2.45, 2.75) is 52.0 Å². The largest absolute Gasteiger partial charge is 0.481 e. The van der Waals surface area contributed by atoms with E-state index in [2.05, 4.69) is 26.1 Å². The third kappa shape index (κ3) is 3.15. The zero-order chi connectivity index (χ0) is 13.8. The fraction of sp³-hybridized carbons (Fsp3) is 0.846. The smallest absolute Gasteiger partial charge is 0.317 e. The Labute approximate surface area is 109 Å². The van der Waals surface area contributed by atoms with E-state index in [1.54, 1.807) is 4.90 Å². The van der Waals surface area contributed by atoms with Gasteiger partial charge in [-0.25, -0.2) is 4.79 Å². The molecule has 18 heavy (non-hydrogen) atoms. The highest BCUT2D eigenvalue weighted by Crippen LogP contribution is 2.22. The van der Waals surface area contributed by atoms with Gasteiger partial charge in [0.05, 0.1) is 5.92 Å². The SMILES string of the molecule is CCC(CC)(CC)NC(=O)N1CCC(C(=O)O)C1. The monoisotopic (exact) mass is 256 g/mol. The van der Waals surface area contributed by atoms with Crippen molar-refractivity contribution in [2.75, 3.05) is 13.1 Å². The van der Waals surface area contributed by atoms with Crippen LogP contribution in [0.1, 0.15) is 46.5 Å². The van der Waals surface area contributed by atoms with Gasteiger partial charge in [-0.1, -0.05) is 20.8 Å². The number of urea groups is 1. The molecule has 2 N–H and O–H groups in total. The van der Waals surface area contributed by atoms with E-state index in [1.165, 1.54) is 0 Å². The van der Waals surface area contributed by atoms with Crippen LogP contribution < -0.4 is 5.32 Å². The summed E-state index contributed by atoms with van der Waals surface area (Å²) in [5, 5.41) is 12.0. The van der Waals surface area contributed by atoms with E-state index in [4.69, 9.17) is 5.11 Å². The highest BCUT2D eigenvalue weighted by molar-refractivity contribution is 5.78. The quantitative estimate of drug-likeness (QED) is 0.791. The van der Waals surface area contributed by atoms with Crippen molar-refractivity contribution in [1.29, 1.82) is 0 Å². The van der Waals surface area contributed by atoms with Gasteiger partial charge < -0.3 is 15.3 Å². The molecule has 0 radical (unpaired) electrons. The number of carboxylic acids is 1. The van der Waals surface area contributed by atoms with Crippen LogP contribution in [0.3, 0.4) is 0 Å². The van der Waals surface area contributed by atoms with Crippen molar-refractivity contribution in [3.63, 3.8) is 0 Å². The molecule has 1 rings (SSSR count). The van der Waals surface area contributed by atoms with E-state index in [9.17, 15) is 9.59 Å². The molecule has 0 spiro atoms. The first-order valence-electron chi connectivity index (χ1n) is 6.78. The van der Waals surface area contributed by atoms with Crippen LogP contribution >= 0.6 is 0 Å². The van der Waals surface area contributed by atoms with Gasteiger partial charge in [0, 0.05) is 18.6 Å². The molecule has 0 aromatic rings. The molecule has 2 amide bonds. The number of carboxylic acid groups (broad SMARTS) is 1. The predicted molar refractivity (Wildman–Crippen MR) is 69.5 cm³/mol. The Morgan fingerprint density at radius 3 is 2.22 bits per heavy atom. The lowest BCUT2D eigenvalue weighted by atomic mass is 9.90. The second-order valence-corrected chi connectivity index (χ2v) is 5.04. The molecule has 5 heteroatoms. The molecule has 1 fully saturated rings. The van der Waals surface area contributed by atoms with Crippen molar-refractivity contribution < 1.29 is 14.7 Å².